The van der Waals surface area contributed by atoms with Crippen LogP contribution in [-0.4, -0.2) is 40.2 Å². The number of rotatable bonds is 3. The van der Waals surface area contributed by atoms with E-state index < -0.39 is 0 Å². The van der Waals surface area contributed by atoms with Crippen LogP contribution >= 0.6 is 0 Å². The summed E-state index contributed by atoms with van der Waals surface area (Å²) in [6.45, 7) is 5.76. The van der Waals surface area contributed by atoms with Crippen molar-refractivity contribution in [3.05, 3.63) is 30.1 Å². The highest BCUT2D eigenvalue weighted by atomic mass is 16.3. The quantitative estimate of drug-likeness (QED) is 0.844. The molecule has 1 saturated heterocycles. The average Bonchev–Trinajstić information content (AvgIpc) is 2.35. The first-order chi connectivity index (χ1) is 8.59. The van der Waals surface area contributed by atoms with Crippen molar-refractivity contribution in [1.82, 2.24) is 9.88 Å². The third kappa shape index (κ3) is 2.88. The van der Waals surface area contributed by atoms with Gasteiger partial charge in [0.05, 0.1) is 17.8 Å². The Hall–Kier alpha value is -0.970. The van der Waals surface area contributed by atoms with Crippen molar-refractivity contribution in [3.8, 4) is 0 Å². The summed E-state index contributed by atoms with van der Waals surface area (Å²) >= 11 is 0. The molecule has 1 aliphatic rings. The molecule has 18 heavy (non-hydrogen) atoms. The second kappa shape index (κ2) is 5.78. The van der Waals surface area contributed by atoms with Crippen LogP contribution in [0.2, 0.25) is 0 Å². The minimum absolute atomic E-state index is 0.000469. The molecule has 1 aliphatic heterocycles. The first kappa shape index (κ1) is 13.5. The van der Waals surface area contributed by atoms with E-state index in [0.29, 0.717) is 12.5 Å². The normalized spacial score (nSPS) is 28.9. The first-order valence-corrected chi connectivity index (χ1v) is 6.68. The summed E-state index contributed by atoms with van der Waals surface area (Å²) in [5, 5.41) is 10.0. The fourth-order valence-corrected chi connectivity index (χ4v) is 2.67. The van der Waals surface area contributed by atoms with E-state index in [4.69, 9.17) is 5.73 Å². The maximum Gasteiger partial charge on any atom is 0.0693 e. The van der Waals surface area contributed by atoms with Gasteiger partial charge in [-0.05, 0) is 37.9 Å². The molecule has 4 unspecified atom stereocenters. The molecular formula is C14H23N3O. The lowest BCUT2D eigenvalue weighted by Gasteiger charge is -2.40. The van der Waals surface area contributed by atoms with Crippen LogP contribution in [0.4, 0.5) is 0 Å². The molecule has 2 heterocycles. The lowest BCUT2D eigenvalue weighted by Crippen LogP contribution is -2.49. The van der Waals surface area contributed by atoms with Crippen molar-refractivity contribution in [2.24, 2.45) is 11.7 Å². The lowest BCUT2D eigenvalue weighted by molar-refractivity contribution is 0.00454. The number of piperidine rings is 1. The smallest absolute Gasteiger partial charge is 0.0693 e. The van der Waals surface area contributed by atoms with E-state index in [1.807, 2.05) is 25.1 Å². The summed E-state index contributed by atoms with van der Waals surface area (Å²) < 4.78 is 0. The third-order valence-electron chi connectivity index (χ3n) is 3.83. The van der Waals surface area contributed by atoms with Crippen LogP contribution in [0.25, 0.3) is 0 Å². The Morgan fingerprint density at radius 2 is 2.28 bits per heavy atom. The van der Waals surface area contributed by atoms with Crippen molar-refractivity contribution in [2.45, 2.75) is 38.5 Å². The zero-order chi connectivity index (χ0) is 13.1. The molecule has 1 aromatic rings. The number of pyridine rings is 1. The summed E-state index contributed by atoms with van der Waals surface area (Å²) in [6, 6.07) is 6.00. The second-order valence-electron chi connectivity index (χ2n) is 5.39. The number of hydrogen-bond acceptors (Lipinski definition) is 4. The van der Waals surface area contributed by atoms with Crippen molar-refractivity contribution in [2.75, 3.05) is 13.1 Å². The molecular weight excluding hydrogens is 226 g/mol. The SMILES string of the molecule is CC(N)C(c1ccccn1)N1CCC(C)C(O)C1. The number of hydrogen-bond donors (Lipinski definition) is 2. The van der Waals surface area contributed by atoms with Gasteiger partial charge in [0.25, 0.3) is 0 Å². The highest BCUT2D eigenvalue weighted by molar-refractivity contribution is 5.11. The van der Waals surface area contributed by atoms with Crippen molar-refractivity contribution >= 4 is 0 Å². The molecule has 0 spiro atoms. The molecule has 0 saturated carbocycles. The van der Waals surface area contributed by atoms with Gasteiger partial charge in [0.1, 0.15) is 0 Å². The highest BCUT2D eigenvalue weighted by Crippen LogP contribution is 2.27. The zero-order valence-corrected chi connectivity index (χ0v) is 11.2. The number of likely N-dealkylation sites (tertiary alicyclic amines) is 1. The third-order valence-corrected chi connectivity index (χ3v) is 3.83. The Kier molecular flexibility index (Phi) is 4.32. The van der Waals surface area contributed by atoms with Gasteiger partial charge in [-0.15, -0.1) is 0 Å². The second-order valence-corrected chi connectivity index (χ2v) is 5.39. The fraction of sp³-hybridized carbons (Fsp3) is 0.643. The summed E-state index contributed by atoms with van der Waals surface area (Å²) in [5.74, 6) is 0.374. The van der Waals surface area contributed by atoms with Crippen LogP contribution in [0.5, 0.6) is 0 Å². The predicted octanol–water partition coefficient (Wildman–Crippen LogP) is 1.17. The monoisotopic (exact) mass is 249 g/mol. The summed E-state index contributed by atoms with van der Waals surface area (Å²) in [4.78, 5) is 6.68. The maximum absolute atomic E-state index is 10.0. The van der Waals surface area contributed by atoms with Crippen LogP contribution in [0.1, 0.15) is 32.0 Å². The van der Waals surface area contributed by atoms with E-state index >= 15 is 0 Å². The highest BCUT2D eigenvalue weighted by Gasteiger charge is 2.32. The van der Waals surface area contributed by atoms with Gasteiger partial charge in [-0.3, -0.25) is 9.88 Å². The number of β-amino-alcohol motifs (C(OH)–C–C–N with tert-alkyl or cyclic N) is 1. The molecule has 0 amide bonds. The molecule has 2 rings (SSSR count). The first-order valence-electron chi connectivity index (χ1n) is 6.68. The summed E-state index contributed by atoms with van der Waals surface area (Å²) in [5.41, 5.74) is 7.11. The van der Waals surface area contributed by atoms with Gasteiger partial charge < -0.3 is 10.8 Å². The van der Waals surface area contributed by atoms with E-state index in [1.54, 1.807) is 6.20 Å². The van der Waals surface area contributed by atoms with Crippen molar-refractivity contribution in [1.29, 1.82) is 0 Å². The number of aromatic nitrogens is 1. The Balaban J connectivity index is 2.16. The van der Waals surface area contributed by atoms with Crippen LogP contribution < -0.4 is 5.73 Å². The molecule has 4 nitrogen and oxygen atoms in total. The molecule has 0 bridgehead atoms. The summed E-state index contributed by atoms with van der Waals surface area (Å²) in [7, 11) is 0. The fourth-order valence-electron chi connectivity index (χ4n) is 2.67. The van der Waals surface area contributed by atoms with Gasteiger partial charge in [0.15, 0.2) is 0 Å². The lowest BCUT2D eigenvalue weighted by atomic mass is 9.93. The minimum atomic E-state index is -0.260. The minimum Gasteiger partial charge on any atom is -0.392 e. The number of nitrogens with zero attached hydrogens (tertiary/aromatic N) is 2. The van der Waals surface area contributed by atoms with Crippen LogP contribution in [0, 0.1) is 5.92 Å². The topological polar surface area (TPSA) is 62.4 Å². The molecule has 0 aromatic carbocycles. The van der Waals surface area contributed by atoms with Crippen molar-refractivity contribution < 1.29 is 5.11 Å². The van der Waals surface area contributed by atoms with E-state index in [-0.39, 0.29) is 18.2 Å². The number of aliphatic hydroxyl groups is 1. The van der Waals surface area contributed by atoms with Crippen LogP contribution in [0.3, 0.4) is 0 Å². The van der Waals surface area contributed by atoms with E-state index in [1.165, 1.54) is 0 Å². The van der Waals surface area contributed by atoms with Crippen LogP contribution in [0.15, 0.2) is 24.4 Å². The molecule has 1 fully saturated rings. The van der Waals surface area contributed by atoms with Gasteiger partial charge in [-0.25, -0.2) is 0 Å². The molecule has 3 N–H and O–H groups in total. The number of aliphatic hydroxyl groups excluding tert-OH is 1. The molecule has 0 radical (unpaired) electrons. The molecule has 4 atom stereocenters. The van der Waals surface area contributed by atoms with Crippen LogP contribution in [-0.2, 0) is 0 Å². The van der Waals surface area contributed by atoms with E-state index in [0.717, 1.165) is 18.7 Å². The van der Waals surface area contributed by atoms with Gasteiger partial charge in [-0.1, -0.05) is 13.0 Å². The Bertz CT molecular complexity index is 369. The zero-order valence-electron chi connectivity index (χ0n) is 11.2. The summed E-state index contributed by atoms with van der Waals surface area (Å²) in [6.07, 6.45) is 2.55. The average molecular weight is 249 g/mol. The Morgan fingerprint density at radius 3 is 2.83 bits per heavy atom. The molecule has 0 aliphatic carbocycles. The van der Waals surface area contributed by atoms with Gasteiger partial charge in [0, 0.05) is 18.8 Å². The molecule has 1 aromatic heterocycles. The van der Waals surface area contributed by atoms with Gasteiger partial charge in [0.2, 0.25) is 0 Å². The van der Waals surface area contributed by atoms with E-state index in [9.17, 15) is 5.11 Å². The number of nitrogens with two attached hydrogens (primary N) is 1. The van der Waals surface area contributed by atoms with Gasteiger partial charge >= 0.3 is 0 Å². The van der Waals surface area contributed by atoms with Gasteiger partial charge in [-0.2, -0.15) is 0 Å². The Labute approximate surface area is 109 Å². The molecule has 4 heteroatoms. The molecule has 100 valence electrons. The maximum atomic E-state index is 10.0. The predicted molar refractivity (Wildman–Crippen MR) is 72.0 cm³/mol. The standard InChI is InChI=1S/C14H23N3O/c1-10-6-8-17(9-13(10)18)14(11(2)15)12-5-3-4-7-16-12/h3-5,7,10-11,13-14,18H,6,8-9,15H2,1-2H3. The largest absolute Gasteiger partial charge is 0.392 e. The van der Waals surface area contributed by atoms with E-state index in [2.05, 4.69) is 16.8 Å². The Morgan fingerprint density at radius 1 is 1.50 bits per heavy atom. The van der Waals surface area contributed by atoms with Crippen molar-refractivity contribution in [3.63, 3.8) is 0 Å².